The van der Waals surface area contributed by atoms with Gasteiger partial charge in [-0.25, -0.2) is 0 Å². The van der Waals surface area contributed by atoms with E-state index in [9.17, 15) is 4.79 Å². The number of benzene rings is 1. The Morgan fingerprint density at radius 3 is 1.22 bits per heavy atom. The third-order valence-corrected chi connectivity index (χ3v) is 6.86. The first-order chi connectivity index (χ1) is 24.2. The van der Waals surface area contributed by atoms with Crippen LogP contribution in [-0.2, 0) is 52.2 Å². The molecule has 0 aromatic heterocycles. The van der Waals surface area contributed by atoms with Crippen molar-refractivity contribution in [3.8, 4) is 5.75 Å². The Balaban J connectivity index is 1.64. The van der Waals surface area contributed by atoms with E-state index >= 15 is 0 Å². The van der Waals surface area contributed by atoms with Crippen LogP contribution in [0.1, 0.15) is 58.3 Å². The number of esters is 1. The highest BCUT2D eigenvalue weighted by Gasteiger charge is 2.03. The predicted molar refractivity (Wildman–Crippen MR) is 187 cm³/mol. The third kappa shape index (κ3) is 32.9. The summed E-state index contributed by atoms with van der Waals surface area (Å²) < 4.78 is 60.0. The van der Waals surface area contributed by atoms with Gasteiger partial charge in [0.05, 0.1) is 125 Å². The molecule has 0 unspecified atom stereocenters. The van der Waals surface area contributed by atoms with Crippen LogP contribution in [0.3, 0.4) is 0 Å². The molecule has 2 N–H and O–H groups in total. The Morgan fingerprint density at radius 1 is 0.469 bits per heavy atom. The summed E-state index contributed by atoms with van der Waals surface area (Å²) in [4.78, 5) is 11.7. The number of para-hydroxylation sites is 2. The largest absolute Gasteiger partial charge is 0.489 e. The molecular formula is C36H65NO12. The lowest BCUT2D eigenvalue weighted by molar-refractivity contribution is -0.145. The number of nitrogens with two attached hydrogens (primary N) is 1. The number of anilines is 1. The van der Waals surface area contributed by atoms with Gasteiger partial charge in [-0.15, -0.1) is 0 Å². The second-order valence-corrected chi connectivity index (χ2v) is 11.0. The van der Waals surface area contributed by atoms with Gasteiger partial charge in [0.1, 0.15) is 19.0 Å². The molecule has 0 aliphatic carbocycles. The first-order valence-corrected chi connectivity index (χ1v) is 18.1. The van der Waals surface area contributed by atoms with E-state index in [4.69, 9.17) is 57.8 Å². The van der Waals surface area contributed by atoms with Crippen LogP contribution in [0.15, 0.2) is 24.3 Å². The maximum atomic E-state index is 11.7. The van der Waals surface area contributed by atoms with Gasteiger partial charge in [0.15, 0.2) is 0 Å². The van der Waals surface area contributed by atoms with E-state index in [0.29, 0.717) is 143 Å². The van der Waals surface area contributed by atoms with E-state index in [-0.39, 0.29) is 12.6 Å². The van der Waals surface area contributed by atoms with Crippen LogP contribution in [0.4, 0.5) is 5.69 Å². The Hall–Kier alpha value is -2.07. The number of ether oxygens (including phenoxy) is 11. The number of hydrogen-bond acceptors (Lipinski definition) is 13. The molecule has 0 saturated heterocycles. The number of nitrogen functional groups attached to an aromatic ring is 1. The molecule has 0 radical (unpaired) electrons. The van der Waals surface area contributed by atoms with Crippen molar-refractivity contribution in [2.75, 3.05) is 138 Å². The van der Waals surface area contributed by atoms with Crippen LogP contribution >= 0.6 is 0 Å². The lowest BCUT2D eigenvalue weighted by Crippen LogP contribution is -2.15. The predicted octanol–water partition coefficient (Wildman–Crippen LogP) is 4.48. The molecule has 0 aliphatic rings. The van der Waals surface area contributed by atoms with Crippen molar-refractivity contribution >= 4 is 11.7 Å². The van der Waals surface area contributed by atoms with Gasteiger partial charge >= 0.3 is 5.97 Å². The first kappa shape index (κ1) is 45.0. The molecule has 49 heavy (non-hydrogen) atoms. The van der Waals surface area contributed by atoms with Crippen molar-refractivity contribution in [1.29, 1.82) is 0 Å². The van der Waals surface area contributed by atoms with Gasteiger partial charge in [0, 0.05) is 6.42 Å². The maximum Gasteiger partial charge on any atom is 0.305 e. The Morgan fingerprint density at radius 2 is 0.816 bits per heavy atom. The van der Waals surface area contributed by atoms with Crippen LogP contribution in [0.25, 0.3) is 0 Å². The first-order valence-electron chi connectivity index (χ1n) is 18.1. The second-order valence-electron chi connectivity index (χ2n) is 11.0. The highest BCUT2D eigenvalue weighted by molar-refractivity contribution is 5.69. The Kier molecular flexibility index (Phi) is 34.1. The second kappa shape index (κ2) is 37.2. The molecule has 0 saturated carbocycles. The normalized spacial score (nSPS) is 11.3. The van der Waals surface area contributed by atoms with Gasteiger partial charge in [-0.2, -0.15) is 0 Å². The van der Waals surface area contributed by atoms with Gasteiger partial charge in [-0.1, -0.05) is 57.6 Å². The summed E-state index contributed by atoms with van der Waals surface area (Å²) in [5.74, 6) is 0.525. The molecule has 1 aromatic rings. The molecule has 0 spiro atoms. The van der Waals surface area contributed by atoms with Crippen LogP contribution < -0.4 is 10.5 Å². The van der Waals surface area contributed by atoms with Crippen LogP contribution in [0.5, 0.6) is 5.75 Å². The SMILES string of the molecule is CCCCCCCCCC(=O)OCCOCCOCCOCCOCCOCCOCCOCCOCCOCCOc1ccccc1N. The van der Waals surface area contributed by atoms with E-state index in [0.717, 1.165) is 12.8 Å². The zero-order chi connectivity index (χ0) is 35.1. The summed E-state index contributed by atoms with van der Waals surface area (Å²) in [6, 6.07) is 7.38. The van der Waals surface area contributed by atoms with Gasteiger partial charge in [0.25, 0.3) is 0 Å². The van der Waals surface area contributed by atoms with Crippen molar-refractivity contribution in [3.63, 3.8) is 0 Å². The van der Waals surface area contributed by atoms with Gasteiger partial charge < -0.3 is 57.8 Å². The minimum Gasteiger partial charge on any atom is -0.489 e. The van der Waals surface area contributed by atoms with Crippen LogP contribution in [0.2, 0.25) is 0 Å². The summed E-state index contributed by atoms with van der Waals surface area (Å²) in [5.41, 5.74) is 6.44. The van der Waals surface area contributed by atoms with Crippen LogP contribution in [-0.4, -0.2) is 138 Å². The maximum absolute atomic E-state index is 11.7. The zero-order valence-electron chi connectivity index (χ0n) is 30.1. The molecule has 1 rings (SSSR count). The number of unbranched alkanes of at least 4 members (excludes halogenated alkanes) is 6. The fourth-order valence-electron chi connectivity index (χ4n) is 4.20. The monoisotopic (exact) mass is 703 g/mol. The van der Waals surface area contributed by atoms with Crippen molar-refractivity contribution < 1.29 is 56.9 Å². The van der Waals surface area contributed by atoms with Gasteiger partial charge in [0.2, 0.25) is 0 Å². The standard InChI is InChI=1S/C36H65NO12/c1-2-3-4-5-6-7-8-13-36(38)49-33-31-47-29-27-45-25-23-43-21-19-41-17-15-39-14-16-40-18-20-42-22-24-44-26-28-46-30-32-48-35-12-10-9-11-34(35)37/h9-12H,2-8,13-33,37H2,1H3. The molecule has 286 valence electrons. The highest BCUT2D eigenvalue weighted by atomic mass is 16.6. The third-order valence-electron chi connectivity index (χ3n) is 6.86. The minimum absolute atomic E-state index is 0.142. The fourth-order valence-corrected chi connectivity index (χ4v) is 4.20. The fraction of sp³-hybridized carbons (Fsp3) is 0.806. The Labute approximate surface area is 294 Å². The summed E-state index contributed by atoms with van der Waals surface area (Å²) >= 11 is 0. The van der Waals surface area contributed by atoms with E-state index in [1.807, 2.05) is 18.2 Å². The van der Waals surface area contributed by atoms with Crippen molar-refractivity contribution in [3.05, 3.63) is 24.3 Å². The molecule has 0 aliphatic heterocycles. The van der Waals surface area contributed by atoms with E-state index < -0.39 is 0 Å². The Bertz CT molecular complexity index is 835. The zero-order valence-corrected chi connectivity index (χ0v) is 30.1. The average Bonchev–Trinajstić information content (AvgIpc) is 3.11. The smallest absolute Gasteiger partial charge is 0.305 e. The lowest BCUT2D eigenvalue weighted by atomic mass is 10.1. The molecule has 0 heterocycles. The molecular weight excluding hydrogens is 638 g/mol. The van der Waals surface area contributed by atoms with Gasteiger partial charge in [-0.05, 0) is 18.6 Å². The summed E-state index contributed by atoms with van der Waals surface area (Å²) in [5, 5.41) is 0. The molecule has 0 atom stereocenters. The average molecular weight is 704 g/mol. The van der Waals surface area contributed by atoms with E-state index in [1.54, 1.807) is 6.07 Å². The number of rotatable bonds is 39. The quantitative estimate of drug-likeness (QED) is 0.0585. The summed E-state index contributed by atoms with van der Waals surface area (Å²) in [7, 11) is 0. The minimum atomic E-state index is -0.142. The van der Waals surface area contributed by atoms with E-state index in [2.05, 4.69) is 6.92 Å². The number of hydrogen-bond donors (Lipinski definition) is 1. The number of carbonyl (C=O) groups is 1. The molecule has 0 fully saturated rings. The lowest BCUT2D eigenvalue weighted by Gasteiger charge is -2.10. The topological polar surface area (TPSA) is 145 Å². The number of carbonyl (C=O) groups excluding carboxylic acids is 1. The van der Waals surface area contributed by atoms with Crippen molar-refractivity contribution in [1.82, 2.24) is 0 Å². The van der Waals surface area contributed by atoms with E-state index in [1.165, 1.54) is 32.1 Å². The van der Waals surface area contributed by atoms with Crippen LogP contribution in [0, 0.1) is 0 Å². The molecule has 13 nitrogen and oxygen atoms in total. The molecule has 1 aromatic carbocycles. The van der Waals surface area contributed by atoms with Crippen molar-refractivity contribution in [2.24, 2.45) is 0 Å². The van der Waals surface area contributed by atoms with Gasteiger partial charge in [-0.3, -0.25) is 4.79 Å². The summed E-state index contributed by atoms with van der Waals surface area (Å²) in [6.07, 6.45) is 8.79. The molecule has 0 amide bonds. The molecule has 13 heteroatoms. The highest BCUT2D eigenvalue weighted by Crippen LogP contribution is 2.19. The molecule has 0 bridgehead atoms. The summed E-state index contributed by atoms with van der Waals surface area (Å²) in [6.45, 7) is 11.6. The van der Waals surface area contributed by atoms with Crippen molar-refractivity contribution in [2.45, 2.75) is 58.3 Å².